The molecule has 6 heteroatoms. The van der Waals surface area contributed by atoms with Gasteiger partial charge in [0.25, 0.3) is 0 Å². The molecule has 0 saturated heterocycles. The summed E-state index contributed by atoms with van der Waals surface area (Å²) in [6, 6.07) is 12.1. The first-order valence-electron chi connectivity index (χ1n) is 8.70. The summed E-state index contributed by atoms with van der Waals surface area (Å²) in [6.45, 7) is 4.05. The van der Waals surface area contributed by atoms with Gasteiger partial charge in [-0.25, -0.2) is 4.98 Å². The number of nitrogens with zero attached hydrogens (tertiary/aromatic N) is 3. The van der Waals surface area contributed by atoms with Gasteiger partial charge in [0.15, 0.2) is 0 Å². The van der Waals surface area contributed by atoms with Crippen LogP contribution in [-0.4, -0.2) is 21.0 Å². The Morgan fingerprint density at radius 2 is 1.88 bits per heavy atom. The summed E-state index contributed by atoms with van der Waals surface area (Å²) in [5.41, 5.74) is 4.68. The number of anilines is 3. The van der Waals surface area contributed by atoms with Crippen molar-refractivity contribution in [2.45, 2.75) is 32.7 Å². The van der Waals surface area contributed by atoms with Crippen molar-refractivity contribution in [2.75, 3.05) is 10.6 Å². The van der Waals surface area contributed by atoms with Gasteiger partial charge in [-0.05, 0) is 56.0 Å². The molecule has 2 heterocycles. The molecule has 2 aromatic heterocycles. The lowest BCUT2D eigenvalue weighted by Gasteiger charge is -2.15. The molecule has 1 aliphatic carbocycles. The summed E-state index contributed by atoms with van der Waals surface area (Å²) in [7, 11) is 0. The maximum Gasteiger partial charge on any atom is 0.225 e. The van der Waals surface area contributed by atoms with Crippen molar-refractivity contribution in [1.82, 2.24) is 15.0 Å². The molecule has 132 valence electrons. The van der Waals surface area contributed by atoms with Crippen LogP contribution in [0.2, 0.25) is 5.02 Å². The second-order valence-electron chi connectivity index (χ2n) is 6.58. The fourth-order valence-corrected chi connectivity index (χ4v) is 2.93. The highest BCUT2D eigenvalue weighted by molar-refractivity contribution is 6.31. The third-order valence-corrected chi connectivity index (χ3v) is 4.83. The predicted octanol–water partition coefficient (Wildman–Crippen LogP) is 5.13. The van der Waals surface area contributed by atoms with Crippen LogP contribution in [0.1, 0.15) is 24.0 Å². The van der Waals surface area contributed by atoms with Crippen LogP contribution in [0.25, 0.3) is 11.4 Å². The maximum atomic E-state index is 6.29. The number of benzene rings is 1. The first-order valence-corrected chi connectivity index (χ1v) is 9.08. The van der Waals surface area contributed by atoms with Gasteiger partial charge in [0.05, 0.1) is 11.4 Å². The first kappa shape index (κ1) is 16.8. The van der Waals surface area contributed by atoms with Crippen molar-refractivity contribution >= 4 is 29.1 Å². The molecule has 3 aromatic rings. The van der Waals surface area contributed by atoms with E-state index in [1.165, 1.54) is 0 Å². The molecule has 1 aromatic carbocycles. The van der Waals surface area contributed by atoms with Crippen molar-refractivity contribution in [3.05, 3.63) is 58.7 Å². The van der Waals surface area contributed by atoms with Crippen molar-refractivity contribution in [3.63, 3.8) is 0 Å². The van der Waals surface area contributed by atoms with E-state index >= 15 is 0 Å². The fourth-order valence-electron chi connectivity index (χ4n) is 2.77. The van der Waals surface area contributed by atoms with E-state index in [0.717, 1.165) is 51.9 Å². The Hall–Kier alpha value is -2.66. The minimum absolute atomic E-state index is 0.469. The smallest absolute Gasteiger partial charge is 0.225 e. The summed E-state index contributed by atoms with van der Waals surface area (Å²) in [6.07, 6.45) is 4.09. The Morgan fingerprint density at radius 1 is 1.04 bits per heavy atom. The van der Waals surface area contributed by atoms with Gasteiger partial charge in [0.2, 0.25) is 5.95 Å². The Bertz CT molecular complexity index is 938. The quantitative estimate of drug-likeness (QED) is 0.656. The predicted molar refractivity (Wildman–Crippen MR) is 106 cm³/mol. The third kappa shape index (κ3) is 3.63. The largest absolute Gasteiger partial charge is 0.351 e. The van der Waals surface area contributed by atoms with Gasteiger partial charge in [-0.2, -0.15) is 4.98 Å². The van der Waals surface area contributed by atoms with E-state index in [-0.39, 0.29) is 0 Å². The number of rotatable bonds is 5. The lowest BCUT2D eigenvalue weighted by molar-refractivity contribution is 1.05. The molecule has 0 radical (unpaired) electrons. The number of pyridine rings is 1. The SMILES string of the molecule is Cc1ccc(Cl)c(C)c1Nc1cc(-c2ccccn2)nc(NC2CC2)n1. The van der Waals surface area contributed by atoms with Crippen LogP contribution in [0.15, 0.2) is 42.6 Å². The van der Waals surface area contributed by atoms with Crippen molar-refractivity contribution < 1.29 is 0 Å². The molecule has 0 atom stereocenters. The molecule has 1 aliphatic rings. The second-order valence-corrected chi connectivity index (χ2v) is 6.99. The number of hydrogen-bond donors (Lipinski definition) is 2. The van der Waals surface area contributed by atoms with E-state index in [4.69, 9.17) is 11.6 Å². The Labute approximate surface area is 157 Å². The molecule has 0 spiro atoms. The van der Waals surface area contributed by atoms with Crippen LogP contribution in [0, 0.1) is 13.8 Å². The summed E-state index contributed by atoms with van der Waals surface area (Å²) in [4.78, 5) is 13.7. The average molecular weight is 366 g/mol. The van der Waals surface area contributed by atoms with Crippen LogP contribution in [0.4, 0.5) is 17.5 Å². The number of nitrogens with one attached hydrogen (secondary N) is 2. The highest BCUT2D eigenvalue weighted by atomic mass is 35.5. The lowest BCUT2D eigenvalue weighted by atomic mass is 10.1. The third-order valence-electron chi connectivity index (χ3n) is 4.42. The summed E-state index contributed by atoms with van der Waals surface area (Å²) in [5.74, 6) is 1.34. The fraction of sp³-hybridized carbons (Fsp3) is 0.250. The van der Waals surface area contributed by atoms with Gasteiger partial charge in [-0.1, -0.05) is 23.7 Å². The number of aromatic nitrogens is 3. The van der Waals surface area contributed by atoms with Crippen LogP contribution in [0.5, 0.6) is 0 Å². The van der Waals surface area contributed by atoms with Crippen molar-refractivity contribution in [2.24, 2.45) is 0 Å². The molecule has 2 N–H and O–H groups in total. The van der Waals surface area contributed by atoms with Gasteiger partial charge in [-0.15, -0.1) is 0 Å². The number of hydrogen-bond acceptors (Lipinski definition) is 5. The van der Waals surface area contributed by atoms with Crippen LogP contribution in [-0.2, 0) is 0 Å². The minimum Gasteiger partial charge on any atom is -0.351 e. The summed E-state index contributed by atoms with van der Waals surface area (Å²) >= 11 is 6.29. The monoisotopic (exact) mass is 365 g/mol. The Morgan fingerprint density at radius 3 is 2.62 bits per heavy atom. The molecule has 0 aliphatic heterocycles. The van der Waals surface area contributed by atoms with Gasteiger partial charge in [0.1, 0.15) is 5.82 Å². The summed E-state index contributed by atoms with van der Waals surface area (Å²) in [5, 5.41) is 7.53. The minimum atomic E-state index is 0.469. The zero-order valence-corrected chi connectivity index (χ0v) is 15.5. The lowest BCUT2D eigenvalue weighted by Crippen LogP contribution is -2.08. The van der Waals surface area contributed by atoms with E-state index in [1.807, 2.05) is 43.3 Å². The molecular weight excluding hydrogens is 346 g/mol. The van der Waals surface area contributed by atoms with E-state index in [2.05, 4.69) is 32.5 Å². The average Bonchev–Trinajstić information content (AvgIpc) is 3.46. The van der Waals surface area contributed by atoms with Gasteiger partial charge >= 0.3 is 0 Å². The molecule has 0 unspecified atom stereocenters. The highest BCUT2D eigenvalue weighted by Gasteiger charge is 2.22. The van der Waals surface area contributed by atoms with Gasteiger partial charge in [0, 0.05) is 29.0 Å². The Kier molecular flexibility index (Phi) is 4.47. The molecule has 1 saturated carbocycles. The zero-order valence-electron chi connectivity index (χ0n) is 14.8. The molecule has 26 heavy (non-hydrogen) atoms. The van der Waals surface area contributed by atoms with E-state index < -0.39 is 0 Å². The second kappa shape index (κ2) is 6.92. The van der Waals surface area contributed by atoms with Gasteiger partial charge < -0.3 is 10.6 Å². The molecule has 5 nitrogen and oxygen atoms in total. The first-order chi connectivity index (χ1) is 12.6. The van der Waals surface area contributed by atoms with Crippen LogP contribution >= 0.6 is 11.6 Å². The van der Waals surface area contributed by atoms with E-state index in [0.29, 0.717) is 12.0 Å². The number of halogens is 1. The maximum absolute atomic E-state index is 6.29. The van der Waals surface area contributed by atoms with Gasteiger partial charge in [-0.3, -0.25) is 4.98 Å². The molecular formula is C20H20ClN5. The Balaban J connectivity index is 1.74. The van der Waals surface area contributed by atoms with E-state index in [1.54, 1.807) is 6.20 Å². The topological polar surface area (TPSA) is 62.7 Å². The summed E-state index contributed by atoms with van der Waals surface area (Å²) < 4.78 is 0. The molecule has 0 bridgehead atoms. The number of aryl methyl sites for hydroxylation is 1. The van der Waals surface area contributed by atoms with Crippen LogP contribution < -0.4 is 10.6 Å². The molecule has 1 fully saturated rings. The molecule has 4 rings (SSSR count). The highest BCUT2D eigenvalue weighted by Crippen LogP contribution is 2.31. The normalized spacial score (nSPS) is 13.5. The molecule has 0 amide bonds. The van der Waals surface area contributed by atoms with Crippen LogP contribution in [0.3, 0.4) is 0 Å². The standard InChI is InChI=1S/C20H20ClN5/c1-12-6-9-15(21)13(2)19(12)25-18-11-17(16-5-3-4-10-22-16)24-20(26-18)23-14-7-8-14/h3-6,9-11,14H,7-8H2,1-2H3,(H2,23,24,25,26). The van der Waals surface area contributed by atoms with Crippen molar-refractivity contribution in [3.8, 4) is 11.4 Å². The zero-order chi connectivity index (χ0) is 18.1. The van der Waals surface area contributed by atoms with Crippen molar-refractivity contribution in [1.29, 1.82) is 0 Å². The van der Waals surface area contributed by atoms with E-state index in [9.17, 15) is 0 Å².